The third-order valence-corrected chi connectivity index (χ3v) is 3.19. The fourth-order valence-corrected chi connectivity index (χ4v) is 1.83. The molecule has 0 aliphatic heterocycles. The van der Waals surface area contributed by atoms with E-state index in [2.05, 4.69) is 5.32 Å². The highest BCUT2D eigenvalue weighted by Gasteiger charge is 2.23. The van der Waals surface area contributed by atoms with E-state index in [4.69, 9.17) is 4.74 Å². The quantitative estimate of drug-likeness (QED) is 0.826. The van der Waals surface area contributed by atoms with Crippen molar-refractivity contribution >= 4 is 11.7 Å². The zero-order chi connectivity index (χ0) is 14.6. The van der Waals surface area contributed by atoms with Crippen LogP contribution in [-0.4, -0.2) is 25.3 Å². The minimum Gasteiger partial charge on any atom is -0.496 e. The Morgan fingerprint density at radius 2 is 1.95 bits per heavy atom. The molecule has 4 nitrogen and oxygen atoms in total. The Morgan fingerprint density at radius 1 is 1.32 bits per heavy atom. The fraction of sp³-hybridized carbons (Fsp3) is 0.467. The van der Waals surface area contributed by atoms with Gasteiger partial charge >= 0.3 is 0 Å². The van der Waals surface area contributed by atoms with Crippen LogP contribution < -0.4 is 10.1 Å². The number of carbonyl (C=O) groups is 2. The second-order valence-electron chi connectivity index (χ2n) is 5.31. The summed E-state index contributed by atoms with van der Waals surface area (Å²) >= 11 is 0. The molecule has 0 aliphatic rings. The molecule has 0 saturated heterocycles. The SMILES string of the molecule is COc1ccc(C(C)(C)CNC(=O)C(C)=O)cc1C. The number of ether oxygens (including phenoxy) is 1. The van der Waals surface area contributed by atoms with Crippen molar-refractivity contribution in [2.24, 2.45) is 0 Å². The fourth-order valence-electron chi connectivity index (χ4n) is 1.83. The van der Waals surface area contributed by atoms with Gasteiger partial charge in [-0.25, -0.2) is 0 Å². The van der Waals surface area contributed by atoms with Gasteiger partial charge in [-0.1, -0.05) is 26.0 Å². The normalized spacial score (nSPS) is 11.0. The minimum atomic E-state index is -0.543. The van der Waals surface area contributed by atoms with Crippen LogP contribution in [0.3, 0.4) is 0 Å². The van der Waals surface area contributed by atoms with Crippen LogP contribution >= 0.6 is 0 Å². The van der Waals surface area contributed by atoms with E-state index < -0.39 is 11.7 Å². The number of hydrogen-bond donors (Lipinski definition) is 1. The van der Waals surface area contributed by atoms with E-state index in [9.17, 15) is 9.59 Å². The molecule has 0 bridgehead atoms. The summed E-state index contributed by atoms with van der Waals surface area (Å²) in [5.41, 5.74) is 1.89. The molecule has 0 aromatic heterocycles. The molecule has 1 N–H and O–H groups in total. The maximum Gasteiger partial charge on any atom is 0.287 e. The Kier molecular flexibility index (Phi) is 4.70. The molecule has 1 amide bonds. The highest BCUT2D eigenvalue weighted by molar-refractivity contribution is 6.35. The van der Waals surface area contributed by atoms with E-state index in [1.165, 1.54) is 6.92 Å². The van der Waals surface area contributed by atoms with Crippen LogP contribution in [-0.2, 0) is 15.0 Å². The zero-order valence-corrected chi connectivity index (χ0v) is 12.2. The molecule has 0 spiro atoms. The third-order valence-electron chi connectivity index (χ3n) is 3.19. The average molecular weight is 263 g/mol. The average Bonchev–Trinajstić information content (AvgIpc) is 2.35. The number of amides is 1. The van der Waals surface area contributed by atoms with Crippen LogP contribution in [0, 0.1) is 6.92 Å². The topological polar surface area (TPSA) is 55.4 Å². The van der Waals surface area contributed by atoms with Gasteiger partial charge < -0.3 is 10.1 Å². The molecule has 0 aliphatic carbocycles. The summed E-state index contributed by atoms with van der Waals surface area (Å²) in [5.74, 6) is -0.174. The van der Waals surface area contributed by atoms with Gasteiger partial charge in [-0.3, -0.25) is 9.59 Å². The van der Waals surface area contributed by atoms with Gasteiger partial charge in [0.2, 0.25) is 5.78 Å². The van der Waals surface area contributed by atoms with Crippen molar-refractivity contribution in [1.29, 1.82) is 0 Å². The standard InChI is InChI=1S/C15H21NO3/c1-10-8-12(6-7-13(10)19-5)15(3,4)9-16-14(18)11(2)17/h6-8H,9H2,1-5H3,(H,16,18). The Bertz CT molecular complexity index is 492. The first kappa shape index (κ1) is 15.2. The molecule has 0 unspecified atom stereocenters. The summed E-state index contributed by atoms with van der Waals surface area (Å²) in [6.45, 7) is 7.70. The number of methoxy groups -OCH3 is 1. The Labute approximate surface area is 114 Å². The zero-order valence-electron chi connectivity index (χ0n) is 12.2. The van der Waals surface area contributed by atoms with Crippen molar-refractivity contribution in [3.05, 3.63) is 29.3 Å². The number of aryl methyl sites for hydroxylation is 1. The molecular weight excluding hydrogens is 242 g/mol. The predicted octanol–water partition coefficient (Wildman–Crippen LogP) is 1.99. The lowest BCUT2D eigenvalue weighted by molar-refractivity contribution is -0.136. The maximum atomic E-state index is 11.3. The van der Waals surface area contributed by atoms with Gasteiger partial charge in [0, 0.05) is 18.9 Å². The van der Waals surface area contributed by atoms with Crippen LogP contribution in [0.4, 0.5) is 0 Å². The van der Waals surface area contributed by atoms with Gasteiger partial charge in [0.15, 0.2) is 0 Å². The molecule has 0 fully saturated rings. The molecule has 19 heavy (non-hydrogen) atoms. The molecule has 0 heterocycles. The number of hydrogen-bond acceptors (Lipinski definition) is 3. The molecule has 104 valence electrons. The molecule has 4 heteroatoms. The van der Waals surface area contributed by atoms with E-state index in [1.807, 2.05) is 39.0 Å². The molecule has 1 rings (SSSR count). The third kappa shape index (κ3) is 3.81. The van der Waals surface area contributed by atoms with Crippen molar-refractivity contribution in [2.45, 2.75) is 33.1 Å². The Balaban J connectivity index is 2.85. The number of benzene rings is 1. The van der Waals surface area contributed by atoms with Gasteiger partial charge in [-0.15, -0.1) is 0 Å². The first-order valence-electron chi connectivity index (χ1n) is 6.22. The smallest absolute Gasteiger partial charge is 0.287 e. The predicted molar refractivity (Wildman–Crippen MR) is 74.4 cm³/mol. The van der Waals surface area contributed by atoms with Crippen LogP contribution in [0.2, 0.25) is 0 Å². The second-order valence-corrected chi connectivity index (χ2v) is 5.31. The van der Waals surface area contributed by atoms with Crippen LogP contribution in [0.5, 0.6) is 5.75 Å². The molecular formula is C15H21NO3. The highest BCUT2D eigenvalue weighted by atomic mass is 16.5. The molecule has 0 atom stereocenters. The van der Waals surface area contributed by atoms with Crippen LogP contribution in [0.15, 0.2) is 18.2 Å². The summed E-state index contributed by atoms with van der Waals surface area (Å²) in [4.78, 5) is 22.2. The van der Waals surface area contributed by atoms with E-state index in [0.717, 1.165) is 16.9 Å². The summed E-state index contributed by atoms with van der Waals surface area (Å²) in [5, 5.41) is 2.65. The van der Waals surface area contributed by atoms with Crippen LogP contribution in [0.1, 0.15) is 31.9 Å². The molecule has 1 aromatic rings. The maximum absolute atomic E-state index is 11.3. The first-order valence-corrected chi connectivity index (χ1v) is 6.22. The Hall–Kier alpha value is -1.84. The van der Waals surface area contributed by atoms with Crippen LogP contribution in [0.25, 0.3) is 0 Å². The molecule has 0 radical (unpaired) electrons. The van der Waals surface area contributed by atoms with E-state index in [1.54, 1.807) is 7.11 Å². The largest absolute Gasteiger partial charge is 0.496 e. The summed E-state index contributed by atoms with van der Waals surface area (Å²) in [6, 6.07) is 5.93. The van der Waals surface area contributed by atoms with E-state index >= 15 is 0 Å². The molecule has 1 aromatic carbocycles. The minimum absolute atomic E-state index is 0.248. The monoisotopic (exact) mass is 263 g/mol. The number of Topliss-reactive ketones (excluding diaryl/α,β-unsaturated/α-hetero) is 1. The second kappa shape index (κ2) is 5.87. The highest BCUT2D eigenvalue weighted by Crippen LogP contribution is 2.27. The van der Waals surface area contributed by atoms with Gasteiger partial charge in [-0.05, 0) is 24.1 Å². The van der Waals surface area contributed by atoms with E-state index in [0.29, 0.717) is 6.54 Å². The number of carbonyl (C=O) groups excluding carboxylic acids is 2. The van der Waals surface area contributed by atoms with Gasteiger partial charge in [-0.2, -0.15) is 0 Å². The lowest BCUT2D eigenvalue weighted by Gasteiger charge is -2.26. The van der Waals surface area contributed by atoms with Crippen molar-refractivity contribution in [3.63, 3.8) is 0 Å². The van der Waals surface area contributed by atoms with Crippen molar-refractivity contribution < 1.29 is 14.3 Å². The van der Waals surface area contributed by atoms with Crippen molar-refractivity contribution in [3.8, 4) is 5.75 Å². The number of ketones is 1. The van der Waals surface area contributed by atoms with Crippen molar-refractivity contribution in [2.75, 3.05) is 13.7 Å². The summed E-state index contributed by atoms with van der Waals surface area (Å²) in [6.07, 6.45) is 0. The van der Waals surface area contributed by atoms with Gasteiger partial charge in [0.1, 0.15) is 5.75 Å². The summed E-state index contributed by atoms with van der Waals surface area (Å²) < 4.78 is 5.23. The lowest BCUT2D eigenvalue weighted by Crippen LogP contribution is -2.39. The Morgan fingerprint density at radius 3 is 2.42 bits per heavy atom. The first-order chi connectivity index (χ1) is 8.77. The van der Waals surface area contributed by atoms with Gasteiger partial charge in [0.05, 0.1) is 7.11 Å². The number of nitrogens with one attached hydrogen (secondary N) is 1. The lowest BCUT2D eigenvalue weighted by atomic mass is 9.83. The van der Waals surface area contributed by atoms with Gasteiger partial charge in [0.25, 0.3) is 5.91 Å². The molecule has 0 saturated carbocycles. The number of rotatable bonds is 5. The van der Waals surface area contributed by atoms with E-state index in [-0.39, 0.29) is 5.41 Å². The summed E-state index contributed by atoms with van der Waals surface area (Å²) in [7, 11) is 1.64. The van der Waals surface area contributed by atoms with Crippen molar-refractivity contribution in [1.82, 2.24) is 5.32 Å².